The quantitative estimate of drug-likeness (QED) is 0.573. The fraction of sp³-hybridized carbons (Fsp3) is 0.412. The van der Waals surface area contributed by atoms with E-state index in [-0.39, 0.29) is 5.91 Å². The number of thiophene rings is 1. The number of nitrogens with zero attached hydrogens (tertiary/aromatic N) is 5. The highest BCUT2D eigenvalue weighted by Crippen LogP contribution is 2.30. The van der Waals surface area contributed by atoms with Crippen LogP contribution in [0.3, 0.4) is 0 Å². The van der Waals surface area contributed by atoms with Gasteiger partial charge < -0.3 is 9.32 Å². The van der Waals surface area contributed by atoms with Crippen molar-refractivity contribution in [1.82, 2.24) is 25.0 Å². The number of aryl methyl sites for hydroxylation is 1. The van der Waals surface area contributed by atoms with Gasteiger partial charge in [0, 0.05) is 37.3 Å². The van der Waals surface area contributed by atoms with E-state index in [1.165, 1.54) is 0 Å². The summed E-state index contributed by atoms with van der Waals surface area (Å²) < 4.78 is 6.81. The van der Waals surface area contributed by atoms with Gasteiger partial charge >= 0.3 is 0 Å². The van der Waals surface area contributed by atoms with E-state index in [0.717, 1.165) is 32.5 Å². The van der Waals surface area contributed by atoms with Gasteiger partial charge in [-0.05, 0) is 35.0 Å². The molecule has 1 aliphatic rings. The molecule has 1 amide bonds. The van der Waals surface area contributed by atoms with Crippen LogP contribution in [0.4, 0.5) is 0 Å². The molecule has 1 saturated heterocycles. The summed E-state index contributed by atoms with van der Waals surface area (Å²) in [7, 11) is 0. The highest BCUT2D eigenvalue weighted by molar-refractivity contribution is 9.11. The van der Waals surface area contributed by atoms with Crippen LogP contribution < -0.4 is 0 Å². The molecular formula is C17H18BrN5O2S2. The van der Waals surface area contributed by atoms with Gasteiger partial charge in [0.05, 0.1) is 21.6 Å². The maximum absolute atomic E-state index is 12.4. The lowest BCUT2D eigenvalue weighted by molar-refractivity contribution is -0.132. The minimum absolute atomic E-state index is 0.146. The first-order valence-corrected chi connectivity index (χ1v) is 11.0. The molecule has 3 aromatic rings. The summed E-state index contributed by atoms with van der Waals surface area (Å²) in [6.45, 7) is 5.57. The van der Waals surface area contributed by atoms with Crippen LogP contribution in [0, 0.1) is 6.92 Å². The number of carbonyl (C=O) groups excluding carboxylic acids is 1. The maximum Gasteiger partial charge on any atom is 0.257 e. The van der Waals surface area contributed by atoms with Gasteiger partial charge in [-0.2, -0.15) is 0 Å². The number of carbonyl (C=O) groups is 1. The van der Waals surface area contributed by atoms with E-state index in [9.17, 15) is 4.79 Å². The highest BCUT2D eigenvalue weighted by Gasteiger charge is 2.23. The second-order valence-corrected chi connectivity index (χ2v) is 9.73. The Bertz CT molecular complexity index is 929. The molecule has 1 fully saturated rings. The van der Waals surface area contributed by atoms with Gasteiger partial charge in [-0.3, -0.25) is 9.69 Å². The van der Waals surface area contributed by atoms with Crippen molar-refractivity contribution in [2.45, 2.75) is 19.9 Å². The SMILES string of the molecule is Cc1csc(CC(=O)N2CCN(Cc3nnc(-c4ccc(Br)s4)o3)CC2)n1. The predicted octanol–water partition coefficient (Wildman–Crippen LogP) is 3.21. The van der Waals surface area contributed by atoms with Crippen molar-refractivity contribution in [3.8, 4) is 10.8 Å². The number of hydrogen-bond donors (Lipinski definition) is 0. The molecule has 4 rings (SSSR count). The minimum atomic E-state index is 0.146. The molecular weight excluding hydrogens is 450 g/mol. The van der Waals surface area contributed by atoms with Crippen molar-refractivity contribution in [3.63, 3.8) is 0 Å². The van der Waals surface area contributed by atoms with Gasteiger partial charge in [0.25, 0.3) is 5.89 Å². The molecule has 1 aliphatic heterocycles. The summed E-state index contributed by atoms with van der Waals surface area (Å²) in [5.41, 5.74) is 0.974. The number of rotatable bonds is 5. The molecule has 10 heteroatoms. The molecule has 0 N–H and O–H groups in total. The third-order valence-corrected chi connectivity index (χ3v) is 6.88. The van der Waals surface area contributed by atoms with E-state index in [2.05, 4.69) is 36.0 Å². The van der Waals surface area contributed by atoms with Crippen LogP contribution in [0.1, 0.15) is 16.6 Å². The molecule has 3 aromatic heterocycles. The number of hydrogen-bond acceptors (Lipinski definition) is 8. The fourth-order valence-corrected chi connectivity index (χ4v) is 4.99. The van der Waals surface area contributed by atoms with Crippen molar-refractivity contribution >= 4 is 44.5 Å². The fourth-order valence-electron chi connectivity index (χ4n) is 2.92. The third-order valence-electron chi connectivity index (χ3n) is 4.30. The second kappa shape index (κ2) is 8.17. The summed E-state index contributed by atoms with van der Waals surface area (Å²) in [5, 5.41) is 11.2. The topological polar surface area (TPSA) is 75.4 Å². The van der Waals surface area contributed by atoms with Crippen LogP contribution in [0.2, 0.25) is 0 Å². The summed E-state index contributed by atoms with van der Waals surface area (Å²) in [6.07, 6.45) is 0.391. The third kappa shape index (κ3) is 4.63. The van der Waals surface area contributed by atoms with Crippen molar-refractivity contribution in [2.24, 2.45) is 0 Å². The van der Waals surface area contributed by atoms with E-state index in [4.69, 9.17) is 4.42 Å². The molecule has 0 radical (unpaired) electrons. The molecule has 0 saturated carbocycles. The molecule has 7 nitrogen and oxygen atoms in total. The molecule has 0 unspecified atom stereocenters. The Kier molecular flexibility index (Phi) is 5.67. The minimum Gasteiger partial charge on any atom is -0.419 e. The predicted molar refractivity (Wildman–Crippen MR) is 108 cm³/mol. The van der Waals surface area contributed by atoms with Crippen molar-refractivity contribution in [3.05, 3.63) is 37.9 Å². The van der Waals surface area contributed by atoms with Gasteiger partial charge in [-0.25, -0.2) is 4.98 Å². The molecule has 0 aliphatic carbocycles. The van der Waals surface area contributed by atoms with E-state index in [0.29, 0.717) is 37.8 Å². The maximum atomic E-state index is 12.4. The Hall–Kier alpha value is -1.62. The number of thiazole rings is 1. The Morgan fingerprint density at radius 3 is 2.74 bits per heavy atom. The van der Waals surface area contributed by atoms with Crippen molar-refractivity contribution in [2.75, 3.05) is 26.2 Å². The van der Waals surface area contributed by atoms with Gasteiger partial charge in [-0.1, -0.05) is 0 Å². The molecule has 0 aromatic carbocycles. The zero-order valence-corrected chi connectivity index (χ0v) is 17.9. The average molecular weight is 468 g/mol. The number of aromatic nitrogens is 3. The van der Waals surface area contributed by atoms with Gasteiger partial charge in [0.1, 0.15) is 5.01 Å². The van der Waals surface area contributed by atoms with Gasteiger partial charge in [0.15, 0.2) is 0 Å². The van der Waals surface area contributed by atoms with Crippen molar-refractivity contribution < 1.29 is 9.21 Å². The summed E-state index contributed by atoms with van der Waals surface area (Å²) >= 11 is 6.55. The van der Waals surface area contributed by atoms with Crippen molar-refractivity contribution in [1.29, 1.82) is 0 Å². The Labute approximate surface area is 173 Å². The first-order chi connectivity index (χ1) is 13.1. The lowest BCUT2D eigenvalue weighted by Crippen LogP contribution is -2.48. The monoisotopic (exact) mass is 467 g/mol. The number of halogens is 1. The standard InChI is InChI=1S/C17H18BrN5O2S2/c1-11-10-26-15(19-11)8-16(24)23-6-4-22(5-7-23)9-14-20-21-17(25-14)12-2-3-13(18)27-12/h2-3,10H,4-9H2,1H3. The van der Waals surface area contributed by atoms with Crippen LogP contribution >= 0.6 is 38.6 Å². The number of amides is 1. The zero-order chi connectivity index (χ0) is 18.8. The Morgan fingerprint density at radius 2 is 2.07 bits per heavy atom. The normalized spacial score (nSPS) is 15.4. The molecule has 0 spiro atoms. The smallest absolute Gasteiger partial charge is 0.257 e. The zero-order valence-electron chi connectivity index (χ0n) is 14.7. The van der Waals surface area contributed by atoms with E-state index < -0.39 is 0 Å². The van der Waals surface area contributed by atoms with Crippen LogP contribution in [0.5, 0.6) is 0 Å². The largest absolute Gasteiger partial charge is 0.419 e. The van der Waals surface area contributed by atoms with Crippen LogP contribution in [-0.2, 0) is 17.8 Å². The molecule has 4 heterocycles. The first-order valence-electron chi connectivity index (χ1n) is 8.56. The van der Waals surface area contributed by atoms with Crippen LogP contribution in [0.25, 0.3) is 10.8 Å². The number of piperazine rings is 1. The van der Waals surface area contributed by atoms with Crippen LogP contribution in [0.15, 0.2) is 25.7 Å². The summed E-state index contributed by atoms with van der Waals surface area (Å²) in [6, 6.07) is 3.92. The molecule has 142 valence electrons. The molecule has 27 heavy (non-hydrogen) atoms. The summed E-state index contributed by atoms with van der Waals surface area (Å²) in [5.74, 6) is 1.30. The Balaban J connectivity index is 1.28. The van der Waals surface area contributed by atoms with Gasteiger partial charge in [0.2, 0.25) is 11.8 Å². The summed E-state index contributed by atoms with van der Waals surface area (Å²) in [4.78, 5) is 21.9. The van der Waals surface area contributed by atoms with E-state index >= 15 is 0 Å². The highest BCUT2D eigenvalue weighted by atomic mass is 79.9. The lowest BCUT2D eigenvalue weighted by Gasteiger charge is -2.33. The van der Waals surface area contributed by atoms with E-state index in [1.54, 1.807) is 22.7 Å². The lowest BCUT2D eigenvalue weighted by atomic mass is 10.2. The average Bonchev–Trinajstić information content (AvgIpc) is 3.37. The Morgan fingerprint density at radius 1 is 1.26 bits per heavy atom. The first kappa shape index (κ1) is 18.7. The van der Waals surface area contributed by atoms with Gasteiger partial charge in [-0.15, -0.1) is 32.9 Å². The second-order valence-electron chi connectivity index (χ2n) is 6.32. The van der Waals surface area contributed by atoms with Crippen LogP contribution in [-0.4, -0.2) is 57.1 Å². The molecule has 0 bridgehead atoms. The van der Waals surface area contributed by atoms with E-state index in [1.807, 2.05) is 29.3 Å². The molecule has 0 atom stereocenters.